The monoisotopic (exact) mass is 472 g/mol. The maximum atomic E-state index is 12.6. The van der Waals surface area contributed by atoms with Crippen molar-refractivity contribution in [3.05, 3.63) is 57.7 Å². The number of ether oxygens (including phenoxy) is 3. The molecule has 0 unspecified atom stereocenters. The molecule has 3 aliphatic rings. The summed E-state index contributed by atoms with van der Waals surface area (Å²) in [5.41, 5.74) is -1.48. The maximum Gasteiger partial charge on any atom is 0.343 e. The SMILES string of the molecule is CC[C@H]1O[C@@H]2O[C@H](/C=C/C=C/C=C/c3oc(=O)c4c(c3C)O[C@H](C)C4(C)C)[C@H](O)[C@]2(C)[C@@]1(C)O. The first-order valence-electron chi connectivity index (χ1n) is 11.9. The molecule has 0 spiro atoms. The molecule has 7 nitrogen and oxygen atoms in total. The summed E-state index contributed by atoms with van der Waals surface area (Å²) >= 11 is 0. The van der Waals surface area contributed by atoms with Gasteiger partial charge in [-0.05, 0) is 40.2 Å². The summed E-state index contributed by atoms with van der Waals surface area (Å²) in [7, 11) is 0. The second-order valence-corrected chi connectivity index (χ2v) is 10.5. The van der Waals surface area contributed by atoms with Crippen LogP contribution in [-0.2, 0) is 14.9 Å². The lowest BCUT2D eigenvalue weighted by Gasteiger charge is -2.38. The third-order valence-electron chi connectivity index (χ3n) is 8.25. The van der Waals surface area contributed by atoms with E-state index in [2.05, 4.69) is 0 Å². The Bertz CT molecular complexity index is 1090. The van der Waals surface area contributed by atoms with Crippen LogP contribution in [0.15, 0.2) is 39.6 Å². The van der Waals surface area contributed by atoms with Gasteiger partial charge in [0, 0.05) is 11.0 Å². The second kappa shape index (κ2) is 8.48. The predicted molar refractivity (Wildman–Crippen MR) is 129 cm³/mol. The molecule has 7 atom stereocenters. The quantitative estimate of drug-likeness (QED) is 0.629. The Balaban J connectivity index is 1.43. The zero-order valence-corrected chi connectivity index (χ0v) is 21.0. The fraction of sp³-hybridized carbons (Fsp3) is 0.593. The molecule has 7 heteroatoms. The summed E-state index contributed by atoms with van der Waals surface area (Å²) in [5.74, 6) is 1.08. The van der Waals surface area contributed by atoms with E-state index in [0.717, 1.165) is 5.56 Å². The van der Waals surface area contributed by atoms with Crippen molar-refractivity contribution in [3.63, 3.8) is 0 Å². The van der Waals surface area contributed by atoms with Gasteiger partial charge in [0.2, 0.25) is 0 Å². The van der Waals surface area contributed by atoms with Gasteiger partial charge in [0.1, 0.15) is 29.3 Å². The fourth-order valence-corrected chi connectivity index (χ4v) is 5.28. The van der Waals surface area contributed by atoms with Crippen LogP contribution in [0.25, 0.3) is 6.08 Å². The molecule has 2 saturated heterocycles. The number of rotatable bonds is 5. The summed E-state index contributed by atoms with van der Waals surface area (Å²) in [4.78, 5) is 12.6. The van der Waals surface area contributed by atoms with E-state index in [9.17, 15) is 15.0 Å². The number of hydrogen-bond donors (Lipinski definition) is 2. The van der Waals surface area contributed by atoms with E-state index in [0.29, 0.717) is 23.5 Å². The number of aliphatic hydroxyl groups excluding tert-OH is 1. The summed E-state index contributed by atoms with van der Waals surface area (Å²) in [6.45, 7) is 13.3. The Morgan fingerprint density at radius 1 is 1.06 bits per heavy atom. The summed E-state index contributed by atoms with van der Waals surface area (Å²) in [6.07, 6.45) is 8.59. The Hall–Kier alpha value is -2.19. The fourth-order valence-electron chi connectivity index (χ4n) is 5.28. The Labute approximate surface area is 200 Å². The molecular formula is C27H36O7. The Morgan fingerprint density at radius 2 is 1.74 bits per heavy atom. The molecule has 34 heavy (non-hydrogen) atoms. The van der Waals surface area contributed by atoms with Crippen LogP contribution in [0.3, 0.4) is 0 Å². The van der Waals surface area contributed by atoms with Crippen LogP contribution in [0.2, 0.25) is 0 Å². The lowest BCUT2D eigenvalue weighted by Crippen LogP contribution is -2.54. The molecule has 0 amide bonds. The molecule has 186 valence electrons. The van der Waals surface area contributed by atoms with E-state index >= 15 is 0 Å². The average molecular weight is 473 g/mol. The topological polar surface area (TPSA) is 98.4 Å². The van der Waals surface area contributed by atoms with E-state index < -0.39 is 34.9 Å². The molecule has 0 saturated carbocycles. The van der Waals surface area contributed by atoms with Crippen molar-refractivity contribution in [2.75, 3.05) is 0 Å². The summed E-state index contributed by atoms with van der Waals surface area (Å²) in [6, 6.07) is 0. The molecule has 2 N–H and O–H groups in total. The zero-order valence-electron chi connectivity index (χ0n) is 21.0. The number of fused-ring (bicyclic) bond motifs is 2. The first-order valence-corrected chi connectivity index (χ1v) is 11.9. The van der Waals surface area contributed by atoms with E-state index in [1.54, 1.807) is 43.4 Å². The lowest BCUT2D eigenvalue weighted by atomic mass is 9.69. The highest BCUT2D eigenvalue weighted by Gasteiger charge is 2.69. The molecule has 1 aromatic rings. The van der Waals surface area contributed by atoms with Crippen LogP contribution in [0.1, 0.15) is 64.9 Å². The van der Waals surface area contributed by atoms with Crippen LogP contribution in [-0.4, -0.2) is 46.5 Å². The molecule has 4 rings (SSSR count). The number of hydrogen-bond acceptors (Lipinski definition) is 7. The summed E-state index contributed by atoms with van der Waals surface area (Å²) < 4.78 is 23.3. The molecule has 2 fully saturated rings. The van der Waals surface area contributed by atoms with Crippen molar-refractivity contribution in [1.29, 1.82) is 0 Å². The molecule has 0 radical (unpaired) electrons. The first-order chi connectivity index (χ1) is 15.9. The Kier molecular flexibility index (Phi) is 6.22. The average Bonchev–Trinajstić information content (AvgIpc) is 3.25. The molecule has 0 aliphatic carbocycles. The van der Waals surface area contributed by atoms with Crippen molar-refractivity contribution < 1.29 is 28.8 Å². The molecule has 0 bridgehead atoms. The molecule has 1 aromatic heterocycles. The lowest BCUT2D eigenvalue weighted by molar-refractivity contribution is -0.144. The molecule has 0 aromatic carbocycles. The van der Waals surface area contributed by atoms with Crippen molar-refractivity contribution in [3.8, 4) is 5.75 Å². The van der Waals surface area contributed by atoms with Gasteiger partial charge in [-0.15, -0.1) is 0 Å². The minimum Gasteiger partial charge on any atom is -0.489 e. The summed E-state index contributed by atoms with van der Waals surface area (Å²) in [5, 5.41) is 21.9. The van der Waals surface area contributed by atoms with E-state index in [1.807, 2.05) is 41.5 Å². The zero-order chi connectivity index (χ0) is 25.1. The van der Waals surface area contributed by atoms with Gasteiger partial charge < -0.3 is 28.8 Å². The minimum absolute atomic E-state index is 0.106. The number of aliphatic hydroxyl groups is 2. The number of allylic oxidation sites excluding steroid dienone is 4. The van der Waals surface area contributed by atoms with Gasteiger partial charge in [-0.3, -0.25) is 0 Å². The van der Waals surface area contributed by atoms with E-state index in [-0.39, 0.29) is 17.8 Å². The van der Waals surface area contributed by atoms with Crippen molar-refractivity contribution in [2.45, 2.75) is 96.6 Å². The van der Waals surface area contributed by atoms with Gasteiger partial charge in [-0.25, -0.2) is 4.79 Å². The van der Waals surface area contributed by atoms with Crippen LogP contribution in [0, 0.1) is 12.3 Å². The highest BCUT2D eigenvalue weighted by atomic mass is 16.7. The van der Waals surface area contributed by atoms with Gasteiger partial charge >= 0.3 is 5.63 Å². The minimum atomic E-state index is -1.19. The van der Waals surface area contributed by atoms with Gasteiger partial charge in [0.05, 0.1) is 23.2 Å². The van der Waals surface area contributed by atoms with E-state index in [1.165, 1.54) is 0 Å². The van der Waals surface area contributed by atoms with Gasteiger partial charge in [0.25, 0.3) is 0 Å². The second-order valence-electron chi connectivity index (χ2n) is 10.5. The van der Waals surface area contributed by atoms with Gasteiger partial charge in [-0.2, -0.15) is 0 Å². The van der Waals surface area contributed by atoms with Crippen LogP contribution < -0.4 is 10.4 Å². The van der Waals surface area contributed by atoms with Gasteiger partial charge in [-0.1, -0.05) is 51.2 Å². The smallest absolute Gasteiger partial charge is 0.343 e. The van der Waals surface area contributed by atoms with E-state index in [4.69, 9.17) is 18.6 Å². The predicted octanol–water partition coefficient (Wildman–Crippen LogP) is 3.78. The first kappa shape index (κ1) is 24.9. The van der Waals surface area contributed by atoms with Crippen molar-refractivity contribution >= 4 is 6.08 Å². The van der Waals surface area contributed by atoms with Gasteiger partial charge in [0.15, 0.2) is 6.29 Å². The third-order valence-corrected chi connectivity index (χ3v) is 8.25. The highest BCUT2D eigenvalue weighted by molar-refractivity contribution is 5.57. The van der Waals surface area contributed by atoms with Crippen LogP contribution in [0.4, 0.5) is 0 Å². The molecule has 4 heterocycles. The standard InChI is InChI=1S/C27H36O7/c1-8-19-27(7,30)26(6)22(28)18(33-24(26)34-19)14-12-10-9-11-13-17-15(2)21-20(23(29)32-17)25(4,5)16(3)31-21/h9-14,16,18-19,22,24,28,30H,8H2,1-7H3/b10-9+,13-11+,14-12+/t16-,18-,19-,22+,24+,26+,27+/m1/s1. The van der Waals surface area contributed by atoms with Crippen molar-refractivity contribution in [2.24, 2.45) is 5.41 Å². The van der Waals surface area contributed by atoms with Crippen LogP contribution in [0.5, 0.6) is 5.75 Å². The van der Waals surface area contributed by atoms with Crippen LogP contribution >= 0.6 is 0 Å². The highest BCUT2D eigenvalue weighted by Crippen LogP contribution is 2.55. The molecular weight excluding hydrogens is 436 g/mol. The Morgan fingerprint density at radius 3 is 2.38 bits per heavy atom. The van der Waals surface area contributed by atoms with Crippen molar-refractivity contribution in [1.82, 2.24) is 0 Å². The normalized spacial score (nSPS) is 38.8. The largest absolute Gasteiger partial charge is 0.489 e. The third kappa shape index (κ3) is 3.52. The maximum absolute atomic E-state index is 12.6. The molecule has 3 aliphatic heterocycles.